The zero-order valence-corrected chi connectivity index (χ0v) is 11.2. The molecule has 0 N–H and O–H groups in total. The Bertz CT molecular complexity index is 227. The number of nitrogens with zero attached hydrogens (tertiary/aromatic N) is 2. The van der Waals surface area contributed by atoms with Gasteiger partial charge in [-0.05, 0) is 40.4 Å². The molecular formula is C13H26N2. The van der Waals surface area contributed by atoms with Gasteiger partial charge in [-0.2, -0.15) is 0 Å². The molecule has 0 radical (unpaired) electrons. The Hall–Kier alpha value is -0.760. The van der Waals surface area contributed by atoms with Crippen molar-refractivity contribution >= 4 is 0 Å². The van der Waals surface area contributed by atoms with Crippen molar-refractivity contribution in [3.63, 3.8) is 0 Å². The zero-order chi connectivity index (χ0) is 11.8. The minimum absolute atomic E-state index is 1.08. The van der Waals surface area contributed by atoms with Crippen LogP contribution in [0, 0.1) is 0 Å². The lowest BCUT2D eigenvalue weighted by Gasteiger charge is -2.22. The van der Waals surface area contributed by atoms with E-state index in [4.69, 9.17) is 0 Å². The maximum atomic E-state index is 2.30. The van der Waals surface area contributed by atoms with Crippen LogP contribution in [0.5, 0.6) is 0 Å². The summed E-state index contributed by atoms with van der Waals surface area (Å²) in [6.07, 6.45) is 5.56. The summed E-state index contributed by atoms with van der Waals surface area (Å²) in [5.41, 5.74) is 2.75. The third kappa shape index (κ3) is 6.34. The summed E-state index contributed by atoms with van der Waals surface area (Å²) in [4.78, 5) is 4.51. The van der Waals surface area contributed by atoms with Crippen LogP contribution in [0.1, 0.15) is 27.2 Å². The van der Waals surface area contributed by atoms with Crippen LogP contribution in [0.3, 0.4) is 0 Å². The van der Waals surface area contributed by atoms with Crippen LogP contribution in [0.15, 0.2) is 23.4 Å². The molecule has 0 saturated carbocycles. The van der Waals surface area contributed by atoms with Gasteiger partial charge in [0.25, 0.3) is 0 Å². The average molecular weight is 210 g/mol. The normalized spacial score (nSPS) is 13.5. The van der Waals surface area contributed by atoms with Crippen LogP contribution in [0.2, 0.25) is 0 Å². The molecular weight excluding hydrogens is 184 g/mol. The fourth-order valence-corrected chi connectivity index (χ4v) is 1.29. The molecule has 0 atom stereocenters. The van der Waals surface area contributed by atoms with E-state index in [0.717, 1.165) is 19.5 Å². The second-order valence-electron chi connectivity index (χ2n) is 4.23. The largest absolute Gasteiger partial charge is 0.377 e. The lowest BCUT2D eigenvalue weighted by molar-refractivity contribution is 0.326. The third-order valence-electron chi connectivity index (χ3n) is 2.66. The maximum Gasteiger partial charge on any atom is 0.0299 e. The number of allylic oxidation sites excluding steroid dienone is 4. The van der Waals surface area contributed by atoms with Gasteiger partial charge >= 0.3 is 0 Å². The highest BCUT2D eigenvalue weighted by atomic mass is 15.2. The fraction of sp³-hybridized carbons (Fsp3) is 0.692. The van der Waals surface area contributed by atoms with E-state index in [-0.39, 0.29) is 0 Å². The molecule has 0 aromatic carbocycles. The first-order valence-electron chi connectivity index (χ1n) is 5.70. The van der Waals surface area contributed by atoms with Gasteiger partial charge in [0.05, 0.1) is 0 Å². The monoisotopic (exact) mass is 210 g/mol. The van der Waals surface area contributed by atoms with E-state index in [9.17, 15) is 0 Å². The summed E-state index contributed by atoms with van der Waals surface area (Å²) < 4.78 is 0. The predicted octanol–water partition coefficient (Wildman–Crippen LogP) is 2.74. The molecule has 0 amide bonds. The van der Waals surface area contributed by atoms with E-state index in [2.05, 4.69) is 63.9 Å². The summed E-state index contributed by atoms with van der Waals surface area (Å²) in [5, 5.41) is 0. The Morgan fingerprint density at radius 2 is 1.73 bits per heavy atom. The van der Waals surface area contributed by atoms with Crippen LogP contribution in [0.25, 0.3) is 0 Å². The summed E-state index contributed by atoms with van der Waals surface area (Å²) >= 11 is 0. The highest BCUT2D eigenvalue weighted by Gasteiger charge is 2.00. The molecule has 0 aromatic heterocycles. The molecule has 0 aliphatic carbocycles. The van der Waals surface area contributed by atoms with Gasteiger partial charge in [0, 0.05) is 25.8 Å². The molecule has 0 fully saturated rings. The van der Waals surface area contributed by atoms with Crippen molar-refractivity contribution in [3.8, 4) is 0 Å². The van der Waals surface area contributed by atoms with Crippen LogP contribution in [-0.2, 0) is 0 Å². The molecule has 0 bridgehead atoms. The Morgan fingerprint density at radius 1 is 1.13 bits per heavy atom. The first kappa shape index (κ1) is 14.2. The molecule has 0 rings (SSSR count). The summed E-state index contributed by atoms with van der Waals surface area (Å²) in [6, 6.07) is 0. The van der Waals surface area contributed by atoms with Crippen molar-refractivity contribution in [3.05, 3.63) is 23.4 Å². The van der Waals surface area contributed by atoms with Crippen LogP contribution in [0.4, 0.5) is 0 Å². The fourth-order valence-electron chi connectivity index (χ4n) is 1.29. The van der Waals surface area contributed by atoms with Crippen molar-refractivity contribution in [2.75, 3.05) is 34.2 Å². The lowest BCUT2D eigenvalue weighted by atomic mass is 10.1. The number of likely N-dealkylation sites (N-methyl/N-ethyl adjacent to an activating group) is 2. The SMILES string of the molecule is C/C=C(\C=C(\C)N(C)CCN(C)C)CC. The van der Waals surface area contributed by atoms with Crippen molar-refractivity contribution < 1.29 is 0 Å². The zero-order valence-electron chi connectivity index (χ0n) is 11.2. The van der Waals surface area contributed by atoms with Gasteiger partial charge in [0.15, 0.2) is 0 Å². The Balaban J connectivity index is 4.23. The predicted molar refractivity (Wildman–Crippen MR) is 69.0 cm³/mol. The lowest BCUT2D eigenvalue weighted by Crippen LogP contribution is -2.27. The molecule has 88 valence electrons. The van der Waals surface area contributed by atoms with Gasteiger partial charge in [0.1, 0.15) is 0 Å². The van der Waals surface area contributed by atoms with E-state index < -0.39 is 0 Å². The third-order valence-corrected chi connectivity index (χ3v) is 2.66. The Labute approximate surface area is 95.3 Å². The quantitative estimate of drug-likeness (QED) is 0.622. The first-order chi connectivity index (χ1) is 7.01. The van der Waals surface area contributed by atoms with Gasteiger partial charge in [0.2, 0.25) is 0 Å². The molecule has 2 heteroatoms. The van der Waals surface area contributed by atoms with Crippen LogP contribution in [-0.4, -0.2) is 44.0 Å². The second kappa shape index (κ2) is 7.52. The summed E-state index contributed by atoms with van der Waals surface area (Å²) in [5.74, 6) is 0. The molecule has 2 nitrogen and oxygen atoms in total. The van der Waals surface area contributed by atoms with Crippen molar-refractivity contribution in [1.82, 2.24) is 9.80 Å². The van der Waals surface area contributed by atoms with Gasteiger partial charge in [-0.15, -0.1) is 0 Å². The van der Waals surface area contributed by atoms with E-state index in [1.165, 1.54) is 11.3 Å². The average Bonchev–Trinajstić information content (AvgIpc) is 2.21. The van der Waals surface area contributed by atoms with Gasteiger partial charge in [-0.1, -0.05) is 18.6 Å². The standard InChI is InChI=1S/C13H26N2/c1-7-13(8-2)11-12(3)15(6)10-9-14(4)5/h7,11H,8-10H2,1-6H3/b12-11-,13-7-. The molecule has 15 heavy (non-hydrogen) atoms. The molecule has 0 aliphatic rings. The minimum Gasteiger partial charge on any atom is -0.377 e. The smallest absolute Gasteiger partial charge is 0.0299 e. The van der Waals surface area contributed by atoms with Gasteiger partial charge in [-0.3, -0.25) is 0 Å². The summed E-state index contributed by atoms with van der Waals surface area (Å²) in [6.45, 7) is 8.64. The van der Waals surface area contributed by atoms with Crippen LogP contribution >= 0.6 is 0 Å². The van der Waals surface area contributed by atoms with Crippen molar-refractivity contribution in [2.24, 2.45) is 0 Å². The molecule has 0 aliphatic heterocycles. The highest BCUT2D eigenvalue weighted by molar-refractivity contribution is 5.21. The van der Waals surface area contributed by atoms with Gasteiger partial charge in [-0.25, -0.2) is 0 Å². The Kier molecular flexibility index (Phi) is 7.14. The summed E-state index contributed by atoms with van der Waals surface area (Å²) in [7, 11) is 6.37. The van der Waals surface area contributed by atoms with E-state index in [1.807, 2.05) is 0 Å². The molecule has 0 unspecified atom stereocenters. The van der Waals surface area contributed by atoms with Gasteiger partial charge < -0.3 is 9.80 Å². The molecule has 0 saturated heterocycles. The first-order valence-corrected chi connectivity index (χ1v) is 5.70. The van der Waals surface area contributed by atoms with Crippen molar-refractivity contribution in [1.29, 1.82) is 0 Å². The molecule has 0 heterocycles. The Morgan fingerprint density at radius 3 is 2.13 bits per heavy atom. The minimum atomic E-state index is 1.08. The maximum absolute atomic E-state index is 2.30. The van der Waals surface area contributed by atoms with E-state index in [1.54, 1.807) is 0 Å². The second-order valence-corrected chi connectivity index (χ2v) is 4.23. The topological polar surface area (TPSA) is 6.48 Å². The molecule has 0 spiro atoms. The molecule has 0 aromatic rings. The van der Waals surface area contributed by atoms with E-state index in [0.29, 0.717) is 0 Å². The van der Waals surface area contributed by atoms with Crippen molar-refractivity contribution in [2.45, 2.75) is 27.2 Å². The highest BCUT2D eigenvalue weighted by Crippen LogP contribution is 2.08. The van der Waals surface area contributed by atoms with Crippen LogP contribution < -0.4 is 0 Å². The number of rotatable bonds is 6. The number of hydrogen-bond acceptors (Lipinski definition) is 2. The number of hydrogen-bond donors (Lipinski definition) is 0. The van der Waals surface area contributed by atoms with E-state index >= 15 is 0 Å².